The summed E-state index contributed by atoms with van der Waals surface area (Å²) >= 11 is 0. The van der Waals surface area contributed by atoms with Crippen LogP contribution in [0.4, 0.5) is 28.0 Å². The number of carbonyl (C=O) groups is 1. The summed E-state index contributed by atoms with van der Waals surface area (Å²) in [7, 11) is 0. The summed E-state index contributed by atoms with van der Waals surface area (Å²) < 4.78 is 57.0. The van der Waals surface area contributed by atoms with Crippen molar-refractivity contribution in [3.8, 4) is 0 Å². The standard InChI is InChI=1S/C15H18F4N2O2/c1-2-23-11-5-7-21(8-6-11)14(22)20-13-9-10(15(17,18)19)3-4-12(13)16/h3-4,9,11H,2,5-8H2,1H3,(H,20,22). The van der Waals surface area contributed by atoms with Gasteiger partial charge in [-0.3, -0.25) is 0 Å². The summed E-state index contributed by atoms with van der Waals surface area (Å²) in [5.74, 6) is -0.907. The molecule has 1 saturated heterocycles. The van der Waals surface area contributed by atoms with E-state index in [1.807, 2.05) is 6.92 Å². The fraction of sp³-hybridized carbons (Fsp3) is 0.533. The first kappa shape index (κ1) is 17.5. The molecule has 4 nitrogen and oxygen atoms in total. The largest absolute Gasteiger partial charge is 0.416 e. The number of hydrogen-bond acceptors (Lipinski definition) is 2. The van der Waals surface area contributed by atoms with Crippen LogP contribution in [0.2, 0.25) is 0 Å². The zero-order valence-corrected chi connectivity index (χ0v) is 12.6. The van der Waals surface area contributed by atoms with Crippen molar-refractivity contribution in [1.82, 2.24) is 4.90 Å². The van der Waals surface area contributed by atoms with E-state index >= 15 is 0 Å². The molecule has 1 N–H and O–H groups in total. The van der Waals surface area contributed by atoms with Crippen LogP contribution in [-0.4, -0.2) is 36.7 Å². The number of amides is 2. The molecule has 2 amide bonds. The molecule has 2 rings (SSSR count). The van der Waals surface area contributed by atoms with Gasteiger partial charge in [-0.15, -0.1) is 0 Å². The summed E-state index contributed by atoms with van der Waals surface area (Å²) in [5, 5.41) is 2.21. The average molecular weight is 334 g/mol. The molecule has 0 bridgehead atoms. The molecule has 1 fully saturated rings. The minimum absolute atomic E-state index is 0.0781. The van der Waals surface area contributed by atoms with Crippen LogP contribution < -0.4 is 5.32 Å². The Labute approximate surface area is 131 Å². The Kier molecular flexibility index (Phi) is 5.46. The molecule has 1 aromatic carbocycles. The van der Waals surface area contributed by atoms with Gasteiger partial charge in [0.1, 0.15) is 5.82 Å². The zero-order chi connectivity index (χ0) is 17.0. The van der Waals surface area contributed by atoms with Gasteiger partial charge in [0, 0.05) is 19.7 Å². The van der Waals surface area contributed by atoms with Crippen molar-refractivity contribution in [2.45, 2.75) is 32.0 Å². The lowest BCUT2D eigenvalue weighted by molar-refractivity contribution is -0.137. The van der Waals surface area contributed by atoms with Crippen LogP contribution in [-0.2, 0) is 10.9 Å². The minimum Gasteiger partial charge on any atom is -0.378 e. The number of ether oxygens (including phenoxy) is 1. The number of halogens is 4. The summed E-state index contributed by atoms with van der Waals surface area (Å²) in [6.07, 6.45) is -3.23. The molecular weight excluding hydrogens is 316 g/mol. The van der Waals surface area contributed by atoms with Crippen molar-refractivity contribution < 1.29 is 27.1 Å². The minimum atomic E-state index is -4.59. The maximum Gasteiger partial charge on any atom is 0.416 e. The second-order valence-electron chi connectivity index (χ2n) is 5.26. The molecule has 23 heavy (non-hydrogen) atoms. The number of carbonyl (C=O) groups excluding carboxylic acids is 1. The Morgan fingerprint density at radius 1 is 1.35 bits per heavy atom. The number of likely N-dealkylation sites (tertiary alicyclic amines) is 1. The molecule has 128 valence electrons. The van der Waals surface area contributed by atoms with Crippen LogP contribution in [0.25, 0.3) is 0 Å². The summed E-state index contributed by atoms with van der Waals surface area (Å²) in [6, 6.07) is 1.32. The van der Waals surface area contributed by atoms with Crippen molar-refractivity contribution in [3.63, 3.8) is 0 Å². The number of nitrogens with zero attached hydrogens (tertiary/aromatic N) is 1. The third-order valence-corrected chi connectivity index (χ3v) is 3.67. The molecule has 1 aromatic rings. The number of hydrogen-bond donors (Lipinski definition) is 1. The fourth-order valence-corrected chi connectivity index (χ4v) is 2.45. The van der Waals surface area contributed by atoms with E-state index < -0.39 is 29.3 Å². The summed E-state index contributed by atoms with van der Waals surface area (Å²) in [5.41, 5.74) is -1.49. The first-order chi connectivity index (χ1) is 10.8. The Bertz CT molecular complexity index is 555. The van der Waals surface area contributed by atoms with Crippen LogP contribution in [0.5, 0.6) is 0 Å². The molecule has 0 aliphatic carbocycles. The summed E-state index contributed by atoms with van der Waals surface area (Å²) in [6.45, 7) is 3.30. The topological polar surface area (TPSA) is 41.6 Å². The Morgan fingerprint density at radius 3 is 2.57 bits per heavy atom. The number of benzene rings is 1. The van der Waals surface area contributed by atoms with Gasteiger partial charge in [-0.2, -0.15) is 13.2 Å². The predicted octanol–water partition coefficient (Wildman–Crippen LogP) is 3.88. The van der Waals surface area contributed by atoms with Crippen molar-refractivity contribution in [2.75, 3.05) is 25.0 Å². The Balaban J connectivity index is 2.01. The number of urea groups is 1. The highest BCUT2D eigenvalue weighted by atomic mass is 19.4. The SMILES string of the molecule is CCOC1CCN(C(=O)Nc2cc(C(F)(F)F)ccc2F)CC1. The van der Waals surface area contributed by atoms with E-state index in [2.05, 4.69) is 5.32 Å². The number of nitrogens with one attached hydrogen (secondary N) is 1. The monoisotopic (exact) mass is 334 g/mol. The van der Waals surface area contributed by atoms with Crippen molar-refractivity contribution >= 4 is 11.7 Å². The van der Waals surface area contributed by atoms with E-state index in [-0.39, 0.29) is 6.10 Å². The molecule has 0 aromatic heterocycles. The maximum absolute atomic E-state index is 13.6. The summed E-state index contributed by atoms with van der Waals surface area (Å²) in [4.78, 5) is 13.5. The van der Waals surface area contributed by atoms with E-state index in [0.717, 1.165) is 0 Å². The third kappa shape index (κ3) is 4.57. The molecule has 0 unspecified atom stereocenters. The van der Waals surface area contributed by atoms with Gasteiger partial charge in [0.2, 0.25) is 0 Å². The Hall–Kier alpha value is -1.83. The third-order valence-electron chi connectivity index (χ3n) is 3.67. The molecule has 0 saturated carbocycles. The second-order valence-corrected chi connectivity index (χ2v) is 5.26. The average Bonchev–Trinajstić information content (AvgIpc) is 2.49. The quantitative estimate of drug-likeness (QED) is 0.853. The zero-order valence-electron chi connectivity index (χ0n) is 12.6. The van der Waals surface area contributed by atoms with Crippen LogP contribution in [0.1, 0.15) is 25.3 Å². The lowest BCUT2D eigenvalue weighted by Gasteiger charge is -2.31. The number of alkyl halides is 3. The van der Waals surface area contributed by atoms with Crippen molar-refractivity contribution in [1.29, 1.82) is 0 Å². The highest BCUT2D eigenvalue weighted by Crippen LogP contribution is 2.32. The first-order valence-electron chi connectivity index (χ1n) is 7.35. The molecule has 1 aliphatic rings. The number of anilines is 1. The maximum atomic E-state index is 13.6. The Morgan fingerprint density at radius 2 is 2.00 bits per heavy atom. The van der Waals surface area contributed by atoms with Gasteiger partial charge in [0.05, 0.1) is 17.4 Å². The van der Waals surface area contributed by atoms with E-state index in [0.29, 0.717) is 50.7 Å². The van der Waals surface area contributed by atoms with Gasteiger partial charge >= 0.3 is 12.2 Å². The number of piperidine rings is 1. The molecule has 8 heteroatoms. The smallest absolute Gasteiger partial charge is 0.378 e. The molecule has 0 atom stereocenters. The molecule has 1 heterocycles. The molecule has 0 radical (unpaired) electrons. The van der Waals surface area contributed by atoms with E-state index in [1.54, 1.807) is 0 Å². The van der Waals surface area contributed by atoms with E-state index in [1.165, 1.54) is 4.90 Å². The van der Waals surface area contributed by atoms with Crippen molar-refractivity contribution in [3.05, 3.63) is 29.6 Å². The molecule has 1 aliphatic heterocycles. The van der Waals surface area contributed by atoms with Gasteiger partial charge < -0.3 is 15.0 Å². The van der Waals surface area contributed by atoms with Crippen LogP contribution in [0.3, 0.4) is 0 Å². The van der Waals surface area contributed by atoms with Crippen LogP contribution in [0, 0.1) is 5.82 Å². The fourth-order valence-electron chi connectivity index (χ4n) is 2.45. The van der Waals surface area contributed by atoms with E-state index in [4.69, 9.17) is 4.74 Å². The van der Waals surface area contributed by atoms with E-state index in [9.17, 15) is 22.4 Å². The van der Waals surface area contributed by atoms with Crippen molar-refractivity contribution in [2.24, 2.45) is 0 Å². The van der Waals surface area contributed by atoms with Gasteiger partial charge in [0.15, 0.2) is 0 Å². The van der Waals surface area contributed by atoms with Crippen LogP contribution >= 0.6 is 0 Å². The number of rotatable bonds is 3. The predicted molar refractivity (Wildman–Crippen MR) is 76.6 cm³/mol. The highest BCUT2D eigenvalue weighted by Gasteiger charge is 2.31. The first-order valence-corrected chi connectivity index (χ1v) is 7.35. The normalized spacial score (nSPS) is 16.5. The molecule has 0 spiro atoms. The lowest BCUT2D eigenvalue weighted by Crippen LogP contribution is -2.43. The molecular formula is C15H18F4N2O2. The van der Waals surface area contributed by atoms with Gasteiger partial charge in [-0.05, 0) is 38.0 Å². The van der Waals surface area contributed by atoms with Gasteiger partial charge in [0.25, 0.3) is 0 Å². The second kappa shape index (κ2) is 7.16. The lowest BCUT2D eigenvalue weighted by atomic mass is 10.1. The van der Waals surface area contributed by atoms with Gasteiger partial charge in [-0.25, -0.2) is 9.18 Å². The van der Waals surface area contributed by atoms with Gasteiger partial charge in [-0.1, -0.05) is 0 Å². The highest BCUT2D eigenvalue weighted by molar-refractivity contribution is 5.89. The van der Waals surface area contributed by atoms with Crippen LogP contribution in [0.15, 0.2) is 18.2 Å².